The van der Waals surface area contributed by atoms with E-state index in [0.29, 0.717) is 30.6 Å². The van der Waals surface area contributed by atoms with Gasteiger partial charge in [0.05, 0.1) is 10.6 Å². The number of aldehydes is 1. The number of carbonyl (C=O) groups is 1. The molecule has 2 aromatic rings. The van der Waals surface area contributed by atoms with Gasteiger partial charge in [0.15, 0.2) is 9.84 Å². The molecule has 0 radical (unpaired) electrons. The number of carbonyl (C=O) groups excluding carboxylic acids is 1. The average molecular weight is 404 g/mol. The Morgan fingerprint density at radius 3 is 2.39 bits per heavy atom. The van der Waals surface area contributed by atoms with Crippen LogP contribution in [0.4, 0.5) is 0 Å². The van der Waals surface area contributed by atoms with Gasteiger partial charge in [-0.05, 0) is 48.6 Å². The summed E-state index contributed by atoms with van der Waals surface area (Å²) in [6.07, 6.45) is 4.06. The first kappa shape index (κ1) is 22.1. The molecule has 0 aromatic heterocycles. The molecule has 5 nitrogen and oxygen atoms in total. The molecule has 0 saturated heterocycles. The average Bonchev–Trinajstić information content (AvgIpc) is 2.71. The van der Waals surface area contributed by atoms with Crippen molar-refractivity contribution in [1.29, 1.82) is 0 Å². The molecule has 1 unspecified atom stereocenters. The third-order valence-corrected chi connectivity index (χ3v) is 7.22. The monoisotopic (exact) mass is 403 g/mol. The number of nitrogens with two attached hydrogens (primary N) is 1. The largest absolute Gasteiger partial charge is 0.412 e. The summed E-state index contributed by atoms with van der Waals surface area (Å²) in [5.74, 6) is 5.48. The van der Waals surface area contributed by atoms with Crippen LogP contribution in [-0.2, 0) is 21.1 Å². The first-order valence-electron chi connectivity index (χ1n) is 9.62. The molecule has 28 heavy (non-hydrogen) atoms. The Labute approximate surface area is 167 Å². The Morgan fingerprint density at radius 1 is 1.11 bits per heavy atom. The van der Waals surface area contributed by atoms with Gasteiger partial charge >= 0.3 is 0 Å². The molecule has 0 heterocycles. The first-order valence-corrected chi connectivity index (χ1v) is 11.3. The second-order valence-electron chi connectivity index (χ2n) is 7.25. The second-order valence-corrected chi connectivity index (χ2v) is 9.20. The van der Waals surface area contributed by atoms with Gasteiger partial charge in [-0.15, -0.1) is 0 Å². The van der Waals surface area contributed by atoms with Crippen LogP contribution >= 0.6 is 0 Å². The van der Waals surface area contributed by atoms with E-state index in [4.69, 9.17) is 10.7 Å². The van der Waals surface area contributed by atoms with Crippen molar-refractivity contribution in [2.24, 2.45) is 11.3 Å². The molecule has 0 fully saturated rings. The van der Waals surface area contributed by atoms with Crippen LogP contribution in [0.1, 0.15) is 50.7 Å². The fourth-order valence-corrected chi connectivity index (χ4v) is 5.53. The molecule has 152 valence electrons. The molecule has 2 aromatic carbocycles. The lowest BCUT2D eigenvalue weighted by molar-refractivity contribution is -0.115. The summed E-state index contributed by atoms with van der Waals surface area (Å²) in [4.78, 5) is 16.9. The Kier molecular flexibility index (Phi) is 7.78. The van der Waals surface area contributed by atoms with Gasteiger partial charge in [0.2, 0.25) is 0 Å². The van der Waals surface area contributed by atoms with Crippen LogP contribution in [0.15, 0.2) is 53.4 Å². The molecule has 2 N–H and O–H groups in total. The summed E-state index contributed by atoms with van der Waals surface area (Å²) in [6, 6.07) is 14.3. The minimum atomic E-state index is -3.68. The van der Waals surface area contributed by atoms with Crippen LogP contribution in [0.3, 0.4) is 0 Å². The van der Waals surface area contributed by atoms with Crippen molar-refractivity contribution < 1.29 is 18.0 Å². The minimum Gasteiger partial charge on any atom is -0.412 e. The summed E-state index contributed by atoms with van der Waals surface area (Å²) < 4.78 is 26.6. The van der Waals surface area contributed by atoms with E-state index in [1.807, 2.05) is 44.2 Å². The van der Waals surface area contributed by atoms with Gasteiger partial charge in [-0.25, -0.2) is 8.42 Å². The zero-order valence-corrected chi connectivity index (χ0v) is 17.4. The highest BCUT2D eigenvalue weighted by molar-refractivity contribution is 7.91. The molecule has 0 spiro atoms. The molecule has 0 saturated carbocycles. The normalized spacial score (nSPS) is 13.7. The Balaban J connectivity index is 2.44. The predicted molar refractivity (Wildman–Crippen MR) is 111 cm³/mol. The van der Waals surface area contributed by atoms with Crippen molar-refractivity contribution in [2.45, 2.75) is 50.8 Å². The maximum absolute atomic E-state index is 13.3. The minimum absolute atomic E-state index is 0.190. The van der Waals surface area contributed by atoms with Gasteiger partial charge in [0.25, 0.3) is 0 Å². The SMILES string of the molecule is CCCCC(C=O)(CC)CS(=O)(=O)c1ccc(ON)cc1Cc1ccccc1. The van der Waals surface area contributed by atoms with Gasteiger partial charge < -0.3 is 9.63 Å². The lowest BCUT2D eigenvalue weighted by Gasteiger charge is -2.26. The highest BCUT2D eigenvalue weighted by Gasteiger charge is 2.35. The summed E-state index contributed by atoms with van der Waals surface area (Å²) >= 11 is 0. The summed E-state index contributed by atoms with van der Waals surface area (Å²) in [7, 11) is -3.68. The first-order chi connectivity index (χ1) is 13.4. The molecular weight excluding hydrogens is 374 g/mol. The van der Waals surface area contributed by atoms with Gasteiger partial charge in [-0.3, -0.25) is 0 Å². The molecule has 1 atom stereocenters. The van der Waals surface area contributed by atoms with Crippen molar-refractivity contribution in [3.05, 3.63) is 59.7 Å². The Hall–Kier alpha value is -2.18. The zero-order valence-electron chi connectivity index (χ0n) is 16.6. The van der Waals surface area contributed by atoms with E-state index < -0.39 is 15.3 Å². The molecule has 0 bridgehead atoms. The summed E-state index contributed by atoms with van der Waals surface area (Å²) in [5.41, 5.74) is 0.735. The lowest BCUT2D eigenvalue weighted by Crippen LogP contribution is -2.32. The van der Waals surface area contributed by atoms with Crippen LogP contribution < -0.4 is 10.7 Å². The van der Waals surface area contributed by atoms with E-state index in [0.717, 1.165) is 24.7 Å². The molecule has 2 rings (SSSR count). The third kappa shape index (κ3) is 5.42. The van der Waals surface area contributed by atoms with Gasteiger partial charge in [-0.2, -0.15) is 5.90 Å². The van der Waals surface area contributed by atoms with Crippen molar-refractivity contribution in [3.63, 3.8) is 0 Å². The van der Waals surface area contributed by atoms with E-state index in [9.17, 15) is 13.2 Å². The van der Waals surface area contributed by atoms with E-state index >= 15 is 0 Å². The van der Waals surface area contributed by atoms with E-state index in [2.05, 4.69) is 0 Å². The number of benzene rings is 2. The van der Waals surface area contributed by atoms with Crippen LogP contribution in [0.2, 0.25) is 0 Å². The van der Waals surface area contributed by atoms with E-state index in [-0.39, 0.29) is 10.6 Å². The molecule has 0 aliphatic carbocycles. The molecule has 0 amide bonds. The number of rotatable bonds is 11. The lowest BCUT2D eigenvalue weighted by atomic mass is 9.84. The highest BCUT2D eigenvalue weighted by atomic mass is 32.2. The highest BCUT2D eigenvalue weighted by Crippen LogP contribution is 2.33. The smallest absolute Gasteiger partial charge is 0.179 e. The number of sulfone groups is 1. The van der Waals surface area contributed by atoms with E-state index in [1.165, 1.54) is 6.07 Å². The predicted octanol–water partition coefficient (Wildman–Crippen LogP) is 4.09. The summed E-state index contributed by atoms with van der Waals surface area (Å²) in [5, 5.41) is 0. The van der Waals surface area contributed by atoms with Crippen molar-refractivity contribution in [3.8, 4) is 5.75 Å². The van der Waals surface area contributed by atoms with Gasteiger partial charge in [0, 0.05) is 5.41 Å². The van der Waals surface area contributed by atoms with Crippen LogP contribution in [0, 0.1) is 5.41 Å². The van der Waals surface area contributed by atoms with Crippen molar-refractivity contribution in [2.75, 3.05) is 5.75 Å². The Morgan fingerprint density at radius 2 is 1.82 bits per heavy atom. The standard InChI is InChI=1S/C22H29NO4S/c1-3-5-13-22(4-2,16-24)17-28(25,26)21-12-11-20(27-23)15-19(21)14-18-9-7-6-8-10-18/h6-12,15-16H,3-5,13-14,17,23H2,1-2H3. The van der Waals surface area contributed by atoms with Crippen LogP contribution in [0.25, 0.3) is 0 Å². The second kappa shape index (κ2) is 9.85. The van der Waals surface area contributed by atoms with Crippen LogP contribution in [-0.4, -0.2) is 20.5 Å². The van der Waals surface area contributed by atoms with E-state index in [1.54, 1.807) is 12.1 Å². The fraction of sp³-hybridized carbons (Fsp3) is 0.409. The van der Waals surface area contributed by atoms with Gasteiger partial charge in [0.1, 0.15) is 12.0 Å². The van der Waals surface area contributed by atoms with Crippen LogP contribution in [0.5, 0.6) is 5.75 Å². The quantitative estimate of drug-likeness (QED) is 0.451. The Bertz CT molecular complexity index is 881. The van der Waals surface area contributed by atoms with Crippen molar-refractivity contribution in [1.82, 2.24) is 0 Å². The number of hydrogen-bond acceptors (Lipinski definition) is 5. The molecule has 0 aliphatic heterocycles. The fourth-order valence-electron chi connectivity index (χ4n) is 3.40. The summed E-state index contributed by atoms with van der Waals surface area (Å²) in [6.45, 7) is 3.90. The van der Waals surface area contributed by atoms with Gasteiger partial charge in [-0.1, -0.05) is 57.0 Å². The molecular formula is C22H29NO4S. The van der Waals surface area contributed by atoms with Crippen molar-refractivity contribution >= 4 is 16.1 Å². The zero-order chi connectivity index (χ0) is 20.6. The molecule has 6 heteroatoms. The third-order valence-electron chi connectivity index (χ3n) is 5.20. The number of hydrogen-bond donors (Lipinski definition) is 1. The number of unbranched alkanes of at least 4 members (excludes halogenated alkanes) is 1. The maximum atomic E-state index is 13.3. The maximum Gasteiger partial charge on any atom is 0.179 e. The molecule has 0 aliphatic rings. The topological polar surface area (TPSA) is 86.5 Å².